The van der Waals surface area contributed by atoms with Gasteiger partial charge in [0.25, 0.3) is 0 Å². The number of ether oxygens (including phenoxy) is 3. The van der Waals surface area contributed by atoms with Gasteiger partial charge in [0, 0.05) is 38.8 Å². The zero-order valence-corrected chi connectivity index (χ0v) is 13.3. The number of rotatable bonds is 4. The fourth-order valence-corrected chi connectivity index (χ4v) is 3.92. The fraction of sp³-hybridized carbons (Fsp3) is 0.941. The number of likely N-dealkylation sites (tertiary alicyclic amines) is 1. The van der Waals surface area contributed by atoms with E-state index in [1.807, 2.05) is 4.90 Å². The Morgan fingerprint density at radius 2 is 1.86 bits per heavy atom. The monoisotopic (exact) mass is 309 g/mol. The highest BCUT2D eigenvalue weighted by Crippen LogP contribution is 2.39. The lowest BCUT2D eigenvalue weighted by Crippen LogP contribution is -2.67. The van der Waals surface area contributed by atoms with Crippen LogP contribution in [0.25, 0.3) is 0 Å². The minimum atomic E-state index is -0.108. The SMILES string of the molecule is O=C(C1CC1)N1CC2(CC(OCC3CCOCC3)CCO2)C1. The molecule has 1 spiro atoms. The second-order valence-corrected chi connectivity index (χ2v) is 7.50. The quantitative estimate of drug-likeness (QED) is 0.791. The highest BCUT2D eigenvalue weighted by Gasteiger charge is 2.51. The lowest BCUT2D eigenvalue weighted by molar-refractivity contribution is -0.203. The summed E-state index contributed by atoms with van der Waals surface area (Å²) in [5.74, 6) is 1.32. The zero-order valence-electron chi connectivity index (χ0n) is 13.3. The molecule has 4 fully saturated rings. The van der Waals surface area contributed by atoms with E-state index in [2.05, 4.69) is 0 Å². The van der Waals surface area contributed by atoms with Gasteiger partial charge in [-0.2, -0.15) is 0 Å². The first-order valence-electron chi connectivity index (χ1n) is 8.86. The topological polar surface area (TPSA) is 48.0 Å². The van der Waals surface area contributed by atoms with Crippen LogP contribution in [0, 0.1) is 11.8 Å². The van der Waals surface area contributed by atoms with E-state index in [0.717, 1.165) is 78.0 Å². The second kappa shape index (κ2) is 6.10. The maximum atomic E-state index is 12.1. The van der Waals surface area contributed by atoms with Gasteiger partial charge in [-0.1, -0.05) is 0 Å². The Bertz CT molecular complexity index is 411. The average molecular weight is 309 g/mol. The Balaban J connectivity index is 1.23. The third-order valence-electron chi connectivity index (χ3n) is 5.55. The van der Waals surface area contributed by atoms with Gasteiger partial charge < -0.3 is 19.1 Å². The lowest BCUT2D eigenvalue weighted by atomic mass is 9.84. The summed E-state index contributed by atoms with van der Waals surface area (Å²) in [6, 6.07) is 0. The molecule has 0 aromatic carbocycles. The van der Waals surface area contributed by atoms with Crippen molar-refractivity contribution in [3.63, 3.8) is 0 Å². The van der Waals surface area contributed by atoms with Gasteiger partial charge in [0.1, 0.15) is 5.60 Å². The molecule has 0 N–H and O–H groups in total. The van der Waals surface area contributed by atoms with Gasteiger partial charge in [0.05, 0.1) is 19.2 Å². The van der Waals surface area contributed by atoms with Crippen LogP contribution in [0.4, 0.5) is 0 Å². The lowest BCUT2D eigenvalue weighted by Gasteiger charge is -2.53. The maximum absolute atomic E-state index is 12.1. The van der Waals surface area contributed by atoms with Crippen molar-refractivity contribution in [1.82, 2.24) is 4.90 Å². The third-order valence-corrected chi connectivity index (χ3v) is 5.55. The zero-order chi connectivity index (χ0) is 15.0. The predicted octanol–water partition coefficient (Wildman–Crippen LogP) is 1.60. The Labute approximate surface area is 132 Å². The summed E-state index contributed by atoms with van der Waals surface area (Å²) in [7, 11) is 0. The van der Waals surface area contributed by atoms with Gasteiger partial charge in [0.15, 0.2) is 0 Å². The van der Waals surface area contributed by atoms with Crippen molar-refractivity contribution in [2.75, 3.05) is 39.5 Å². The minimum Gasteiger partial charge on any atom is -0.381 e. The molecule has 4 aliphatic rings. The van der Waals surface area contributed by atoms with Crippen LogP contribution in [0.1, 0.15) is 38.5 Å². The number of amides is 1. The molecule has 5 heteroatoms. The Hall–Kier alpha value is -0.650. The molecule has 1 atom stereocenters. The summed E-state index contributed by atoms with van der Waals surface area (Å²) >= 11 is 0. The first kappa shape index (κ1) is 14.9. The van der Waals surface area contributed by atoms with Crippen LogP contribution in [0.5, 0.6) is 0 Å². The summed E-state index contributed by atoms with van der Waals surface area (Å²) < 4.78 is 17.6. The molecular formula is C17H27NO4. The first-order chi connectivity index (χ1) is 10.7. The van der Waals surface area contributed by atoms with Gasteiger partial charge in [-0.25, -0.2) is 0 Å². The van der Waals surface area contributed by atoms with Crippen LogP contribution < -0.4 is 0 Å². The summed E-state index contributed by atoms with van der Waals surface area (Å²) in [4.78, 5) is 14.0. The Kier molecular flexibility index (Phi) is 4.13. The Morgan fingerprint density at radius 1 is 1.09 bits per heavy atom. The van der Waals surface area contributed by atoms with E-state index in [-0.39, 0.29) is 5.60 Å². The van der Waals surface area contributed by atoms with Crippen molar-refractivity contribution in [3.8, 4) is 0 Å². The normalized spacial score (nSPS) is 32.0. The minimum absolute atomic E-state index is 0.108. The standard InChI is InChI=1S/C17H27NO4/c19-16(14-1-2-14)18-11-17(12-18)9-15(5-8-22-17)21-10-13-3-6-20-7-4-13/h13-15H,1-12H2. The summed E-state index contributed by atoms with van der Waals surface area (Å²) in [6.07, 6.45) is 6.65. The van der Waals surface area contributed by atoms with Crippen LogP contribution in [-0.2, 0) is 19.0 Å². The molecule has 0 bridgehead atoms. The van der Waals surface area contributed by atoms with Crippen molar-refractivity contribution in [1.29, 1.82) is 0 Å². The number of carbonyl (C=O) groups excluding carboxylic acids is 1. The van der Waals surface area contributed by atoms with E-state index in [4.69, 9.17) is 14.2 Å². The van der Waals surface area contributed by atoms with Crippen LogP contribution in [0.15, 0.2) is 0 Å². The molecule has 1 unspecified atom stereocenters. The predicted molar refractivity (Wildman–Crippen MR) is 80.5 cm³/mol. The molecule has 1 aliphatic carbocycles. The third kappa shape index (κ3) is 3.17. The second-order valence-electron chi connectivity index (χ2n) is 7.50. The molecule has 3 aliphatic heterocycles. The largest absolute Gasteiger partial charge is 0.381 e. The highest BCUT2D eigenvalue weighted by atomic mass is 16.5. The van der Waals surface area contributed by atoms with Crippen molar-refractivity contribution in [2.24, 2.45) is 11.8 Å². The van der Waals surface area contributed by atoms with E-state index in [1.54, 1.807) is 0 Å². The van der Waals surface area contributed by atoms with Crippen LogP contribution in [0.2, 0.25) is 0 Å². The molecule has 22 heavy (non-hydrogen) atoms. The van der Waals surface area contributed by atoms with Gasteiger partial charge in [-0.3, -0.25) is 4.79 Å². The van der Waals surface area contributed by atoms with Gasteiger partial charge in [-0.05, 0) is 38.0 Å². The van der Waals surface area contributed by atoms with Gasteiger partial charge >= 0.3 is 0 Å². The van der Waals surface area contributed by atoms with E-state index in [1.165, 1.54) is 0 Å². The van der Waals surface area contributed by atoms with Crippen LogP contribution >= 0.6 is 0 Å². The number of nitrogens with zero attached hydrogens (tertiary/aromatic N) is 1. The maximum Gasteiger partial charge on any atom is 0.225 e. The van der Waals surface area contributed by atoms with Crippen LogP contribution in [0.3, 0.4) is 0 Å². The van der Waals surface area contributed by atoms with E-state index in [9.17, 15) is 4.79 Å². The molecule has 124 valence electrons. The molecule has 0 radical (unpaired) electrons. The number of carbonyl (C=O) groups is 1. The fourth-order valence-electron chi connectivity index (χ4n) is 3.92. The van der Waals surface area contributed by atoms with E-state index >= 15 is 0 Å². The summed E-state index contributed by atoms with van der Waals surface area (Å²) in [5, 5.41) is 0. The van der Waals surface area contributed by atoms with Crippen molar-refractivity contribution in [2.45, 2.75) is 50.2 Å². The molecular weight excluding hydrogens is 282 g/mol. The first-order valence-corrected chi connectivity index (χ1v) is 8.86. The number of hydrogen-bond donors (Lipinski definition) is 0. The molecule has 4 rings (SSSR count). The van der Waals surface area contributed by atoms with Gasteiger partial charge in [0.2, 0.25) is 5.91 Å². The highest BCUT2D eigenvalue weighted by molar-refractivity contribution is 5.82. The molecule has 1 amide bonds. The van der Waals surface area contributed by atoms with E-state index in [0.29, 0.717) is 23.8 Å². The van der Waals surface area contributed by atoms with Crippen molar-refractivity contribution < 1.29 is 19.0 Å². The smallest absolute Gasteiger partial charge is 0.225 e. The summed E-state index contributed by atoms with van der Waals surface area (Å²) in [6.45, 7) is 4.94. The summed E-state index contributed by atoms with van der Waals surface area (Å²) in [5.41, 5.74) is -0.108. The Morgan fingerprint density at radius 3 is 2.59 bits per heavy atom. The van der Waals surface area contributed by atoms with Gasteiger partial charge in [-0.15, -0.1) is 0 Å². The van der Waals surface area contributed by atoms with Crippen LogP contribution in [-0.4, -0.2) is 62.0 Å². The molecule has 0 aromatic heterocycles. The number of hydrogen-bond acceptors (Lipinski definition) is 4. The molecule has 3 heterocycles. The van der Waals surface area contributed by atoms with Crippen molar-refractivity contribution >= 4 is 5.91 Å². The molecule has 0 aromatic rings. The molecule has 5 nitrogen and oxygen atoms in total. The average Bonchev–Trinajstić information content (AvgIpc) is 3.36. The molecule has 1 saturated carbocycles. The van der Waals surface area contributed by atoms with Crippen molar-refractivity contribution in [3.05, 3.63) is 0 Å². The molecule has 3 saturated heterocycles. The van der Waals surface area contributed by atoms with E-state index < -0.39 is 0 Å².